The number of thioether (sulfide) groups is 1. The summed E-state index contributed by atoms with van der Waals surface area (Å²) in [6.07, 6.45) is 11.4. The molecule has 1 aromatic carbocycles. The molecule has 1 saturated carbocycles. The number of aliphatic hydroxyl groups is 2. The third-order valence-corrected chi connectivity index (χ3v) is 13.7. The Labute approximate surface area is 317 Å². The van der Waals surface area contributed by atoms with Gasteiger partial charge in [0.1, 0.15) is 29.3 Å². The third kappa shape index (κ3) is 14.4. The molecule has 3 unspecified atom stereocenters. The molecule has 2 saturated heterocycles. The van der Waals surface area contributed by atoms with Crippen molar-refractivity contribution in [2.75, 3.05) is 31.2 Å². The lowest BCUT2D eigenvalue weighted by atomic mass is 9.81. The number of ether oxygens (including phenoxy) is 2. The molecule has 1 aromatic rings. The van der Waals surface area contributed by atoms with Crippen LogP contribution in [0.2, 0.25) is 0 Å². The lowest BCUT2D eigenvalue weighted by Crippen LogP contribution is -2.37. The first-order valence-electron chi connectivity index (χ1n) is 19.3. The molecule has 3 aliphatic rings. The van der Waals surface area contributed by atoms with E-state index < -0.39 is 56.3 Å². The molecular formula is C38H57FN2O10S2. The predicted octanol–water partition coefficient (Wildman–Crippen LogP) is 5.28. The van der Waals surface area contributed by atoms with E-state index in [9.17, 15) is 42.2 Å². The third-order valence-electron chi connectivity index (χ3n) is 10.4. The van der Waals surface area contributed by atoms with E-state index >= 15 is 0 Å². The van der Waals surface area contributed by atoms with Gasteiger partial charge in [-0.05, 0) is 88.5 Å². The normalized spacial score (nSPS) is 21.6. The summed E-state index contributed by atoms with van der Waals surface area (Å²) in [6.45, 7) is 0.816. The number of carbonyl (C=O) groups is 4. The van der Waals surface area contributed by atoms with Gasteiger partial charge in [0.25, 0.3) is 0 Å². The van der Waals surface area contributed by atoms with E-state index in [1.54, 1.807) is 11.8 Å². The highest BCUT2D eigenvalue weighted by Gasteiger charge is 2.43. The van der Waals surface area contributed by atoms with Crippen molar-refractivity contribution < 1.29 is 51.7 Å². The number of rotatable bonds is 23. The molecule has 0 aromatic heterocycles. The highest BCUT2D eigenvalue weighted by atomic mass is 32.2. The van der Waals surface area contributed by atoms with Gasteiger partial charge >= 0.3 is 11.9 Å². The Hall–Kier alpha value is -2.75. The number of amides is 2. The monoisotopic (exact) mass is 784 g/mol. The molecule has 4 rings (SSSR count). The van der Waals surface area contributed by atoms with Gasteiger partial charge in [-0.2, -0.15) is 0 Å². The van der Waals surface area contributed by atoms with Crippen LogP contribution in [0, 0.1) is 5.82 Å². The highest BCUT2D eigenvalue weighted by Crippen LogP contribution is 2.36. The van der Waals surface area contributed by atoms with Gasteiger partial charge in [0, 0.05) is 25.9 Å². The summed E-state index contributed by atoms with van der Waals surface area (Å²) >= 11 is 1.66. The fraction of sp³-hybridized carbons (Fsp3) is 0.737. The lowest BCUT2D eigenvalue weighted by Gasteiger charge is -2.34. The van der Waals surface area contributed by atoms with Gasteiger partial charge in [-0.25, -0.2) is 12.8 Å². The molecular weight excluding hydrogens is 728 g/mol. The second-order valence-corrected chi connectivity index (χ2v) is 18.0. The van der Waals surface area contributed by atoms with E-state index in [-0.39, 0.29) is 50.1 Å². The van der Waals surface area contributed by atoms with Crippen LogP contribution >= 0.6 is 11.8 Å². The van der Waals surface area contributed by atoms with Gasteiger partial charge in [-0.1, -0.05) is 44.9 Å². The molecule has 53 heavy (non-hydrogen) atoms. The molecule has 0 spiro atoms. The number of unbranched alkanes of at least 4 members (excludes halogenated alkanes) is 6. The van der Waals surface area contributed by atoms with E-state index in [0.717, 1.165) is 57.8 Å². The SMILES string of the molecule is O=C(CCCCCCN1C(=O)CSC1CCC1(O)CCCCC1)OC(=O)CCCCCCN1C(=O)CS(=O)(=O)C1CCC(O)COc1ccc(F)cc1. The molecule has 2 N–H and O–H groups in total. The van der Waals surface area contributed by atoms with Crippen molar-refractivity contribution >= 4 is 45.4 Å². The van der Waals surface area contributed by atoms with E-state index in [1.165, 1.54) is 35.6 Å². The number of carbonyl (C=O) groups excluding carboxylic acids is 4. The van der Waals surface area contributed by atoms with Gasteiger partial charge in [0.05, 0.1) is 22.8 Å². The average Bonchev–Trinajstić information content (AvgIpc) is 3.58. The van der Waals surface area contributed by atoms with E-state index in [1.807, 2.05) is 4.90 Å². The van der Waals surface area contributed by atoms with Crippen molar-refractivity contribution in [2.24, 2.45) is 0 Å². The molecule has 0 radical (unpaired) electrons. The molecule has 3 atom stereocenters. The number of nitrogens with zero attached hydrogens (tertiary/aromatic N) is 2. The largest absolute Gasteiger partial charge is 0.491 e. The Balaban J connectivity index is 1.01. The summed E-state index contributed by atoms with van der Waals surface area (Å²) < 4.78 is 48.8. The Morgan fingerprint density at radius 2 is 1.47 bits per heavy atom. The van der Waals surface area contributed by atoms with Crippen molar-refractivity contribution in [3.8, 4) is 5.75 Å². The van der Waals surface area contributed by atoms with Gasteiger partial charge in [-0.15, -0.1) is 11.8 Å². The summed E-state index contributed by atoms with van der Waals surface area (Å²) in [6, 6.07) is 5.32. The summed E-state index contributed by atoms with van der Waals surface area (Å²) in [5, 5.41) is 20.3. The topological polar surface area (TPSA) is 168 Å². The number of halogens is 1. The fourth-order valence-corrected chi connectivity index (χ4v) is 10.3. The van der Waals surface area contributed by atoms with Crippen LogP contribution in [0.25, 0.3) is 0 Å². The van der Waals surface area contributed by atoms with Crippen LogP contribution in [-0.2, 0) is 33.8 Å². The zero-order valence-electron chi connectivity index (χ0n) is 30.8. The molecule has 2 amide bonds. The number of hydrogen-bond donors (Lipinski definition) is 2. The number of sulfone groups is 1. The first kappa shape index (κ1) is 43.0. The Bertz CT molecular complexity index is 1450. The number of esters is 2. The second kappa shape index (κ2) is 21.4. The van der Waals surface area contributed by atoms with Crippen LogP contribution in [0.15, 0.2) is 24.3 Å². The van der Waals surface area contributed by atoms with Crippen molar-refractivity contribution in [3.63, 3.8) is 0 Å². The van der Waals surface area contributed by atoms with Gasteiger partial charge in [-0.3, -0.25) is 19.2 Å². The average molecular weight is 785 g/mol. The van der Waals surface area contributed by atoms with Crippen molar-refractivity contribution in [1.29, 1.82) is 0 Å². The quantitative estimate of drug-likeness (QED) is 0.0843. The smallest absolute Gasteiger partial charge is 0.313 e. The summed E-state index contributed by atoms with van der Waals surface area (Å²) in [5.41, 5.74) is -0.581. The minimum Gasteiger partial charge on any atom is -0.491 e. The van der Waals surface area contributed by atoms with Crippen LogP contribution < -0.4 is 4.74 Å². The maximum absolute atomic E-state index is 13.1. The maximum atomic E-state index is 13.1. The summed E-state index contributed by atoms with van der Waals surface area (Å²) in [4.78, 5) is 52.6. The fourth-order valence-electron chi connectivity index (χ4n) is 7.35. The molecule has 298 valence electrons. The number of hydrogen-bond acceptors (Lipinski definition) is 11. The summed E-state index contributed by atoms with van der Waals surface area (Å²) in [5.74, 6) is -1.55. The van der Waals surface area contributed by atoms with Crippen molar-refractivity contribution in [3.05, 3.63) is 30.1 Å². The van der Waals surface area contributed by atoms with Crippen LogP contribution in [0.5, 0.6) is 5.75 Å². The Morgan fingerprint density at radius 3 is 2.11 bits per heavy atom. The molecule has 12 nitrogen and oxygen atoms in total. The molecule has 2 heterocycles. The summed E-state index contributed by atoms with van der Waals surface area (Å²) in [7, 11) is -3.68. The van der Waals surface area contributed by atoms with E-state index in [2.05, 4.69) is 0 Å². The van der Waals surface area contributed by atoms with Crippen LogP contribution in [0.1, 0.15) is 122 Å². The molecule has 3 fully saturated rings. The first-order chi connectivity index (χ1) is 25.3. The Morgan fingerprint density at radius 1 is 0.868 bits per heavy atom. The zero-order chi connectivity index (χ0) is 38.3. The Kier molecular flexibility index (Phi) is 17.3. The van der Waals surface area contributed by atoms with Gasteiger partial charge in [0.2, 0.25) is 11.8 Å². The molecule has 2 aliphatic heterocycles. The van der Waals surface area contributed by atoms with Crippen molar-refractivity contribution in [1.82, 2.24) is 9.80 Å². The number of aliphatic hydroxyl groups excluding tert-OH is 1. The van der Waals surface area contributed by atoms with Gasteiger partial charge < -0.3 is 29.5 Å². The highest BCUT2D eigenvalue weighted by molar-refractivity contribution is 8.01. The first-order valence-corrected chi connectivity index (χ1v) is 22.1. The lowest BCUT2D eigenvalue weighted by molar-refractivity contribution is -0.159. The standard InChI is InChI=1S/C38H57FN2O10S2/c39-29-14-17-31(18-15-29)50-26-30(42)16-19-35-41(33(44)28-53(35,48)49)25-11-4-2-7-13-37(46)51-36(45)12-6-1-3-10-24-40-32(43)27-52-34(40)20-23-38(47)21-8-5-9-22-38/h14-15,17-18,30,34-35,42,47H,1-13,16,19-28H2. The van der Waals surface area contributed by atoms with E-state index in [0.29, 0.717) is 50.2 Å². The molecule has 1 aliphatic carbocycles. The van der Waals surface area contributed by atoms with Crippen LogP contribution in [0.3, 0.4) is 0 Å². The maximum Gasteiger partial charge on any atom is 0.313 e. The van der Waals surface area contributed by atoms with Crippen molar-refractivity contribution in [2.45, 2.75) is 144 Å². The molecule has 0 bridgehead atoms. The number of benzene rings is 1. The van der Waals surface area contributed by atoms with E-state index in [4.69, 9.17) is 9.47 Å². The second-order valence-electron chi connectivity index (χ2n) is 14.7. The minimum absolute atomic E-state index is 0.0633. The van der Waals surface area contributed by atoms with Crippen LogP contribution in [0.4, 0.5) is 4.39 Å². The zero-order valence-corrected chi connectivity index (χ0v) is 32.4. The minimum atomic E-state index is -3.68. The predicted molar refractivity (Wildman–Crippen MR) is 199 cm³/mol. The van der Waals surface area contributed by atoms with Gasteiger partial charge in [0.15, 0.2) is 9.84 Å². The molecule has 15 heteroatoms. The van der Waals surface area contributed by atoms with Crippen LogP contribution in [-0.4, -0.2) is 106 Å².